The van der Waals surface area contributed by atoms with Gasteiger partial charge in [0.25, 0.3) is 0 Å². The lowest BCUT2D eigenvalue weighted by Crippen LogP contribution is -1.96. The molecule has 0 nitrogen and oxygen atoms in total. The molecular formula is C16H21Cl. The summed E-state index contributed by atoms with van der Waals surface area (Å²) in [5.41, 5.74) is 1.24. The standard InChI is InChI=1S/C16H21Cl/c1-3-4-8-16(13-14(2)17)12-11-15-9-6-5-7-10-15/h5-7,9-12,16H,2-4,8,13H2,1H3/b12-11+. The Labute approximate surface area is 110 Å². The number of halogens is 1. The molecule has 1 unspecified atom stereocenters. The third-order valence-corrected chi connectivity index (χ3v) is 2.93. The van der Waals surface area contributed by atoms with Crippen LogP contribution < -0.4 is 0 Å². The number of hydrogen-bond acceptors (Lipinski definition) is 0. The molecule has 0 aliphatic rings. The molecule has 0 amide bonds. The van der Waals surface area contributed by atoms with E-state index in [2.05, 4.69) is 49.9 Å². The largest absolute Gasteiger partial charge is 0.0898 e. The van der Waals surface area contributed by atoms with Gasteiger partial charge in [-0.2, -0.15) is 0 Å². The van der Waals surface area contributed by atoms with Crippen LogP contribution in [0.1, 0.15) is 38.2 Å². The van der Waals surface area contributed by atoms with Crippen molar-refractivity contribution in [2.45, 2.75) is 32.6 Å². The molecule has 1 rings (SSSR count). The van der Waals surface area contributed by atoms with Gasteiger partial charge in [0.2, 0.25) is 0 Å². The van der Waals surface area contributed by atoms with E-state index in [1.54, 1.807) is 0 Å². The highest BCUT2D eigenvalue weighted by atomic mass is 35.5. The van der Waals surface area contributed by atoms with Gasteiger partial charge < -0.3 is 0 Å². The molecular weight excluding hydrogens is 228 g/mol. The number of benzene rings is 1. The SMILES string of the molecule is C=C(Cl)CC(/C=C/c1ccccc1)CCCC. The molecule has 1 atom stereocenters. The minimum absolute atomic E-state index is 0.514. The fourth-order valence-electron chi connectivity index (χ4n) is 1.83. The first-order valence-corrected chi connectivity index (χ1v) is 6.66. The van der Waals surface area contributed by atoms with Crippen LogP contribution in [0.3, 0.4) is 0 Å². The van der Waals surface area contributed by atoms with Crippen LogP contribution in [0.5, 0.6) is 0 Å². The molecule has 1 heteroatoms. The molecule has 0 radical (unpaired) electrons. The van der Waals surface area contributed by atoms with Crippen molar-refractivity contribution in [2.75, 3.05) is 0 Å². The lowest BCUT2D eigenvalue weighted by Gasteiger charge is -2.11. The van der Waals surface area contributed by atoms with Gasteiger partial charge in [0, 0.05) is 5.03 Å². The summed E-state index contributed by atoms with van der Waals surface area (Å²) in [5.74, 6) is 0.514. The molecule has 17 heavy (non-hydrogen) atoms. The van der Waals surface area contributed by atoms with E-state index >= 15 is 0 Å². The van der Waals surface area contributed by atoms with Crippen LogP contribution in [-0.2, 0) is 0 Å². The average Bonchev–Trinajstić information content (AvgIpc) is 2.33. The fraction of sp³-hybridized carbons (Fsp3) is 0.375. The molecule has 0 spiro atoms. The van der Waals surface area contributed by atoms with E-state index in [-0.39, 0.29) is 0 Å². The van der Waals surface area contributed by atoms with Gasteiger partial charge in [-0.05, 0) is 24.3 Å². The summed E-state index contributed by atoms with van der Waals surface area (Å²) < 4.78 is 0. The molecule has 1 aromatic rings. The molecule has 0 fully saturated rings. The third-order valence-electron chi connectivity index (χ3n) is 2.77. The maximum absolute atomic E-state index is 5.90. The van der Waals surface area contributed by atoms with Crippen LogP contribution in [0.4, 0.5) is 0 Å². The van der Waals surface area contributed by atoms with E-state index in [1.165, 1.54) is 24.8 Å². The van der Waals surface area contributed by atoms with Crippen LogP contribution in [0, 0.1) is 5.92 Å². The van der Waals surface area contributed by atoms with Crippen molar-refractivity contribution in [3.8, 4) is 0 Å². The summed E-state index contributed by atoms with van der Waals surface area (Å²) in [7, 11) is 0. The van der Waals surface area contributed by atoms with E-state index in [0.717, 1.165) is 11.5 Å². The Morgan fingerprint density at radius 2 is 2.06 bits per heavy atom. The quantitative estimate of drug-likeness (QED) is 0.585. The van der Waals surface area contributed by atoms with Gasteiger partial charge >= 0.3 is 0 Å². The van der Waals surface area contributed by atoms with Gasteiger partial charge in [-0.25, -0.2) is 0 Å². The average molecular weight is 249 g/mol. The van der Waals surface area contributed by atoms with Gasteiger partial charge in [0.1, 0.15) is 0 Å². The van der Waals surface area contributed by atoms with Crippen LogP contribution in [0.15, 0.2) is 48.0 Å². The minimum atomic E-state index is 0.514. The smallest absolute Gasteiger partial charge is 0.0115 e. The second kappa shape index (κ2) is 8.14. The van der Waals surface area contributed by atoms with Gasteiger partial charge in [0.15, 0.2) is 0 Å². The summed E-state index contributed by atoms with van der Waals surface area (Å²) in [5, 5.41) is 0.754. The molecule has 0 saturated heterocycles. The lowest BCUT2D eigenvalue weighted by molar-refractivity contribution is 0.560. The Hall–Kier alpha value is -1.01. The molecule has 0 bridgehead atoms. The van der Waals surface area contributed by atoms with E-state index in [1.807, 2.05) is 6.07 Å². The Balaban J connectivity index is 2.58. The molecule has 0 aliphatic carbocycles. The maximum atomic E-state index is 5.90. The number of rotatable bonds is 7. The highest BCUT2D eigenvalue weighted by Gasteiger charge is 2.05. The zero-order valence-electron chi connectivity index (χ0n) is 10.5. The molecule has 0 saturated carbocycles. The van der Waals surface area contributed by atoms with Crippen molar-refractivity contribution in [1.29, 1.82) is 0 Å². The topological polar surface area (TPSA) is 0 Å². The van der Waals surface area contributed by atoms with Crippen molar-refractivity contribution >= 4 is 17.7 Å². The van der Waals surface area contributed by atoms with Crippen molar-refractivity contribution in [3.63, 3.8) is 0 Å². The van der Waals surface area contributed by atoms with E-state index in [9.17, 15) is 0 Å². The lowest BCUT2D eigenvalue weighted by atomic mass is 9.97. The zero-order chi connectivity index (χ0) is 12.5. The Morgan fingerprint density at radius 3 is 2.65 bits per heavy atom. The van der Waals surface area contributed by atoms with Crippen LogP contribution in [0.2, 0.25) is 0 Å². The van der Waals surface area contributed by atoms with Crippen molar-refractivity contribution in [3.05, 3.63) is 53.6 Å². The maximum Gasteiger partial charge on any atom is 0.0115 e. The Morgan fingerprint density at radius 1 is 1.35 bits per heavy atom. The zero-order valence-corrected chi connectivity index (χ0v) is 11.3. The van der Waals surface area contributed by atoms with Gasteiger partial charge in [-0.15, -0.1) is 0 Å². The number of hydrogen-bond donors (Lipinski definition) is 0. The summed E-state index contributed by atoms with van der Waals surface area (Å²) in [4.78, 5) is 0. The van der Waals surface area contributed by atoms with Crippen LogP contribution in [0.25, 0.3) is 6.08 Å². The summed E-state index contributed by atoms with van der Waals surface area (Å²) in [6, 6.07) is 10.4. The highest BCUT2D eigenvalue weighted by Crippen LogP contribution is 2.21. The van der Waals surface area contributed by atoms with E-state index in [4.69, 9.17) is 11.6 Å². The monoisotopic (exact) mass is 248 g/mol. The summed E-state index contributed by atoms with van der Waals surface area (Å²) >= 11 is 5.90. The summed E-state index contributed by atoms with van der Waals surface area (Å²) in [6.45, 7) is 6.01. The molecule has 92 valence electrons. The van der Waals surface area contributed by atoms with Crippen LogP contribution >= 0.6 is 11.6 Å². The van der Waals surface area contributed by atoms with Crippen molar-refractivity contribution in [2.24, 2.45) is 5.92 Å². The van der Waals surface area contributed by atoms with Crippen molar-refractivity contribution < 1.29 is 0 Å². The van der Waals surface area contributed by atoms with E-state index < -0.39 is 0 Å². The normalized spacial score (nSPS) is 12.8. The molecule has 0 aromatic heterocycles. The van der Waals surface area contributed by atoms with E-state index in [0.29, 0.717) is 5.92 Å². The molecule has 1 aromatic carbocycles. The first kappa shape index (κ1) is 14.1. The predicted molar refractivity (Wildman–Crippen MR) is 78.1 cm³/mol. The molecule has 0 N–H and O–H groups in total. The minimum Gasteiger partial charge on any atom is -0.0898 e. The highest BCUT2D eigenvalue weighted by molar-refractivity contribution is 6.29. The summed E-state index contributed by atoms with van der Waals surface area (Å²) in [6.07, 6.45) is 8.98. The Bertz CT molecular complexity index is 351. The Kier molecular flexibility index (Phi) is 6.73. The molecule has 0 aliphatic heterocycles. The number of allylic oxidation sites excluding steroid dienone is 2. The molecule has 0 heterocycles. The second-order valence-corrected chi connectivity index (χ2v) is 4.93. The van der Waals surface area contributed by atoms with Crippen molar-refractivity contribution in [1.82, 2.24) is 0 Å². The fourth-order valence-corrected chi connectivity index (χ4v) is 2.03. The second-order valence-electron chi connectivity index (χ2n) is 4.39. The van der Waals surface area contributed by atoms with Gasteiger partial charge in [0.05, 0.1) is 0 Å². The third kappa shape index (κ3) is 6.33. The van der Waals surface area contributed by atoms with Gasteiger partial charge in [-0.1, -0.05) is 80.4 Å². The number of unbranched alkanes of at least 4 members (excludes halogenated alkanes) is 1. The first-order chi connectivity index (χ1) is 8.22. The van der Waals surface area contributed by atoms with Gasteiger partial charge in [-0.3, -0.25) is 0 Å². The first-order valence-electron chi connectivity index (χ1n) is 6.29. The van der Waals surface area contributed by atoms with Crippen LogP contribution in [-0.4, -0.2) is 0 Å². The predicted octanol–water partition coefficient (Wildman–Crippen LogP) is 5.65.